The van der Waals surface area contributed by atoms with Crippen molar-refractivity contribution in [2.75, 3.05) is 38.8 Å². The van der Waals surface area contributed by atoms with Gasteiger partial charge in [-0.05, 0) is 49.9 Å². The van der Waals surface area contributed by atoms with Gasteiger partial charge in [0.05, 0.1) is 30.4 Å². The van der Waals surface area contributed by atoms with Crippen molar-refractivity contribution in [3.63, 3.8) is 0 Å². The Morgan fingerprint density at radius 2 is 1.77 bits per heavy atom. The van der Waals surface area contributed by atoms with Gasteiger partial charge in [-0.15, -0.1) is 0 Å². The first-order valence-electron chi connectivity index (χ1n) is 10.5. The lowest BCUT2D eigenvalue weighted by Gasteiger charge is -2.31. The van der Waals surface area contributed by atoms with Gasteiger partial charge in [0, 0.05) is 38.3 Å². The average Bonchev–Trinajstić information content (AvgIpc) is 2.82. The van der Waals surface area contributed by atoms with E-state index in [2.05, 4.69) is 4.90 Å². The summed E-state index contributed by atoms with van der Waals surface area (Å²) in [5, 5.41) is 11.4. The van der Waals surface area contributed by atoms with E-state index in [0.717, 1.165) is 43.6 Å². The minimum absolute atomic E-state index is 0.0775. The molecule has 8 nitrogen and oxygen atoms in total. The lowest BCUT2D eigenvalue weighted by Crippen LogP contribution is -2.34. The predicted molar refractivity (Wildman–Crippen MR) is 119 cm³/mol. The zero-order valence-electron chi connectivity index (χ0n) is 18.3. The van der Waals surface area contributed by atoms with Gasteiger partial charge in [0.25, 0.3) is 11.6 Å². The van der Waals surface area contributed by atoms with Crippen LogP contribution in [-0.4, -0.2) is 49.6 Å². The van der Waals surface area contributed by atoms with Crippen molar-refractivity contribution >= 4 is 17.3 Å². The fourth-order valence-electron chi connectivity index (χ4n) is 3.92. The van der Waals surface area contributed by atoms with Crippen LogP contribution in [0.25, 0.3) is 0 Å². The summed E-state index contributed by atoms with van der Waals surface area (Å²) in [5.41, 5.74) is 1.95. The fraction of sp³-hybridized carbons (Fsp3) is 0.435. The number of carbonyl (C=O) groups is 1. The highest BCUT2D eigenvalue weighted by molar-refractivity contribution is 6.00. The zero-order valence-corrected chi connectivity index (χ0v) is 18.3. The van der Waals surface area contributed by atoms with E-state index >= 15 is 0 Å². The van der Waals surface area contributed by atoms with Crippen LogP contribution >= 0.6 is 0 Å². The highest BCUT2D eigenvalue weighted by atomic mass is 16.6. The Morgan fingerprint density at radius 3 is 2.39 bits per heavy atom. The Morgan fingerprint density at radius 1 is 1.06 bits per heavy atom. The van der Waals surface area contributed by atoms with Crippen LogP contribution in [0.5, 0.6) is 11.5 Å². The summed E-state index contributed by atoms with van der Waals surface area (Å²) in [4.78, 5) is 28.3. The predicted octanol–water partition coefficient (Wildman–Crippen LogP) is 4.26. The molecule has 3 rings (SSSR count). The van der Waals surface area contributed by atoms with Crippen LogP contribution in [0.3, 0.4) is 0 Å². The van der Waals surface area contributed by atoms with Crippen LogP contribution in [0, 0.1) is 10.1 Å². The number of ether oxygens (including phenoxy) is 2. The van der Waals surface area contributed by atoms with Crippen molar-refractivity contribution in [3.05, 3.63) is 57.6 Å². The molecular formula is C23H29N3O5. The first-order valence-corrected chi connectivity index (χ1v) is 10.5. The van der Waals surface area contributed by atoms with Crippen molar-refractivity contribution in [1.82, 2.24) is 4.90 Å². The summed E-state index contributed by atoms with van der Waals surface area (Å²) in [5.74, 6) is 0.987. The molecule has 0 saturated carbocycles. The minimum Gasteiger partial charge on any atom is -0.493 e. The van der Waals surface area contributed by atoms with Crippen LogP contribution in [0.1, 0.15) is 42.1 Å². The number of methoxy groups -OCH3 is 2. The molecule has 1 amide bonds. The Bertz CT molecular complexity index is 941. The van der Waals surface area contributed by atoms with E-state index in [4.69, 9.17) is 9.47 Å². The molecule has 1 saturated heterocycles. The van der Waals surface area contributed by atoms with Crippen molar-refractivity contribution < 1.29 is 19.2 Å². The molecule has 1 heterocycles. The molecule has 0 spiro atoms. The highest BCUT2D eigenvalue weighted by Gasteiger charge is 2.25. The molecule has 31 heavy (non-hydrogen) atoms. The number of nitro groups is 1. The van der Waals surface area contributed by atoms with Gasteiger partial charge < -0.3 is 19.3 Å². The maximum absolute atomic E-state index is 13.5. The van der Waals surface area contributed by atoms with Gasteiger partial charge in [-0.25, -0.2) is 0 Å². The Kier molecular flexibility index (Phi) is 7.33. The Labute approximate surface area is 182 Å². The van der Waals surface area contributed by atoms with Gasteiger partial charge >= 0.3 is 0 Å². The molecular weight excluding hydrogens is 398 g/mol. The van der Waals surface area contributed by atoms with Crippen molar-refractivity contribution in [3.8, 4) is 11.5 Å². The van der Waals surface area contributed by atoms with E-state index in [9.17, 15) is 14.9 Å². The molecule has 2 aromatic carbocycles. The van der Waals surface area contributed by atoms with Crippen molar-refractivity contribution in [2.24, 2.45) is 0 Å². The van der Waals surface area contributed by atoms with Gasteiger partial charge in [0.2, 0.25) is 0 Å². The highest BCUT2D eigenvalue weighted by Crippen LogP contribution is 2.31. The second-order valence-electron chi connectivity index (χ2n) is 7.51. The molecule has 0 atom stereocenters. The van der Waals surface area contributed by atoms with Crippen molar-refractivity contribution in [1.29, 1.82) is 0 Å². The van der Waals surface area contributed by atoms with Crippen LogP contribution in [0.4, 0.5) is 11.4 Å². The third-order valence-corrected chi connectivity index (χ3v) is 5.61. The van der Waals surface area contributed by atoms with E-state index < -0.39 is 4.92 Å². The van der Waals surface area contributed by atoms with Crippen LogP contribution in [0.15, 0.2) is 36.4 Å². The molecule has 0 N–H and O–H groups in total. The number of carbonyl (C=O) groups excluding carboxylic acids is 1. The number of nitro benzene ring substituents is 1. The second kappa shape index (κ2) is 10.1. The molecule has 166 valence electrons. The summed E-state index contributed by atoms with van der Waals surface area (Å²) in [7, 11) is 3.14. The van der Waals surface area contributed by atoms with E-state index in [1.165, 1.54) is 12.1 Å². The standard InChI is InChI=1S/C23H29N3O5/c1-4-24(16-17-8-11-21(30-2)22(14-17)31-3)23(27)19-15-18(26(28)29)9-10-20(19)25-12-6-5-7-13-25/h8-11,14-15H,4-7,12-13,16H2,1-3H3. The van der Waals surface area contributed by atoms with Crippen LogP contribution < -0.4 is 14.4 Å². The molecule has 1 fully saturated rings. The Balaban J connectivity index is 1.93. The van der Waals surface area contributed by atoms with Crippen LogP contribution in [-0.2, 0) is 6.54 Å². The SMILES string of the molecule is CCN(Cc1ccc(OC)c(OC)c1)C(=O)c1cc([N+](=O)[O-])ccc1N1CCCCC1. The molecule has 2 aromatic rings. The first kappa shape index (κ1) is 22.4. The summed E-state index contributed by atoms with van der Waals surface area (Å²) < 4.78 is 10.7. The summed E-state index contributed by atoms with van der Waals surface area (Å²) in [6, 6.07) is 10.1. The number of benzene rings is 2. The molecule has 0 bridgehead atoms. The summed E-state index contributed by atoms with van der Waals surface area (Å²) >= 11 is 0. The maximum atomic E-state index is 13.5. The lowest BCUT2D eigenvalue weighted by molar-refractivity contribution is -0.384. The topological polar surface area (TPSA) is 85.1 Å². The number of hydrogen-bond donors (Lipinski definition) is 0. The third kappa shape index (κ3) is 5.07. The minimum atomic E-state index is -0.457. The number of piperidine rings is 1. The summed E-state index contributed by atoms with van der Waals surface area (Å²) in [6.45, 7) is 4.42. The van der Waals surface area contributed by atoms with Gasteiger partial charge in [-0.2, -0.15) is 0 Å². The second-order valence-corrected chi connectivity index (χ2v) is 7.51. The van der Waals surface area contributed by atoms with Gasteiger partial charge in [0.15, 0.2) is 11.5 Å². The maximum Gasteiger partial charge on any atom is 0.270 e. The van der Waals surface area contributed by atoms with E-state index in [-0.39, 0.29) is 11.6 Å². The van der Waals surface area contributed by atoms with Gasteiger partial charge in [0.1, 0.15) is 0 Å². The number of amides is 1. The largest absolute Gasteiger partial charge is 0.493 e. The number of nitrogens with zero attached hydrogens (tertiary/aromatic N) is 3. The van der Waals surface area contributed by atoms with Gasteiger partial charge in [-0.3, -0.25) is 14.9 Å². The smallest absolute Gasteiger partial charge is 0.270 e. The number of anilines is 1. The molecule has 0 radical (unpaired) electrons. The summed E-state index contributed by atoms with van der Waals surface area (Å²) in [6.07, 6.45) is 3.26. The number of rotatable bonds is 8. The Hall–Kier alpha value is -3.29. The molecule has 8 heteroatoms. The number of non-ortho nitro benzene ring substituents is 1. The molecule has 1 aliphatic rings. The zero-order chi connectivity index (χ0) is 22.4. The average molecular weight is 428 g/mol. The van der Waals surface area contributed by atoms with Crippen molar-refractivity contribution in [2.45, 2.75) is 32.7 Å². The van der Waals surface area contributed by atoms with E-state index in [1.807, 2.05) is 19.1 Å². The fourth-order valence-corrected chi connectivity index (χ4v) is 3.92. The first-order chi connectivity index (χ1) is 15.0. The quantitative estimate of drug-likeness (QED) is 0.462. The molecule has 0 aliphatic carbocycles. The molecule has 0 unspecified atom stereocenters. The van der Waals surface area contributed by atoms with Crippen LogP contribution in [0.2, 0.25) is 0 Å². The normalized spacial score (nSPS) is 13.6. The third-order valence-electron chi connectivity index (χ3n) is 5.61. The molecule has 1 aliphatic heterocycles. The molecule has 0 aromatic heterocycles. The van der Waals surface area contributed by atoms with E-state index in [1.54, 1.807) is 31.3 Å². The monoisotopic (exact) mass is 427 g/mol. The number of hydrogen-bond acceptors (Lipinski definition) is 6. The van der Waals surface area contributed by atoms with Gasteiger partial charge in [-0.1, -0.05) is 6.07 Å². The lowest BCUT2D eigenvalue weighted by atomic mass is 10.0. The van der Waals surface area contributed by atoms with E-state index in [0.29, 0.717) is 30.2 Å².